The van der Waals surface area contributed by atoms with Gasteiger partial charge in [0.2, 0.25) is 0 Å². The first-order chi connectivity index (χ1) is 7.99. The first-order valence-corrected chi connectivity index (χ1v) is 5.65. The van der Waals surface area contributed by atoms with E-state index in [1.807, 2.05) is 13.8 Å². The average Bonchev–Trinajstić information content (AvgIpc) is 2.28. The van der Waals surface area contributed by atoms with Gasteiger partial charge in [-0.05, 0) is 30.0 Å². The molecule has 17 heavy (non-hydrogen) atoms. The van der Waals surface area contributed by atoms with Gasteiger partial charge in [-0.2, -0.15) is 0 Å². The smallest absolute Gasteiger partial charge is 0.323 e. The number of esters is 1. The fourth-order valence-electron chi connectivity index (χ4n) is 1.31. The number of ether oxygens (including phenoxy) is 1. The number of hydrogen-bond acceptors (Lipinski definition) is 3. The number of nitrogens with two attached hydrogens (primary N) is 1. The van der Waals surface area contributed by atoms with Crippen molar-refractivity contribution in [1.29, 1.82) is 0 Å². The van der Waals surface area contributed by atoms with Gasteiger partial charge in [-0.25, -0.2) is 4.39 Å². The van der Waals surface area contributed by atoms with Gasteiger partial charge in [0.1, 0.15) is 11.9 Å². The quantitative estimate of drug-likeness (QED) is 0.798. The highest BCUT2D eigenvalue weighted by Crippen LogP contribution is 2.06. The van der Waals surface area contributed by atoms with Gasteiger partial charge in [-0.3, -0.25) is 4.79 Å². The molecule has 1 aromatic carbocycles. The van der Waals surface area contributed by atoms with E-state index in [2.05, 4.69) is 0 Å². The molecule has 0 saturated heterocycles. The highest BCUT2D eigenvalue weighted by molar-refractivity contribution is 5.75. The van der Waals surface area contributed by atoms with Crippen LogP contribution in [-0.4, -0.2) is 18.6 Å². The maximum atomic E-state index is 12.7. The number of benzene rings is 1. The molecule has 94 valence electrons. The van der Waals surface area contributed by atoms with Gasteiger partial charge < -0.3 is 10.5 Å². The molecule has 0 bridgehead atoms. The van der Waals surface area contributed by atoms with Gasteiger partial charge in [0.15, 0.2) is 0 Å². The molecule has 2 N–H and O–H groups in total. The summed E-state index contributed by atoms with van der Waals surface area (Å²) in [6, 6.07) is 5.23. The molecule has 0 saturated carbocycles. The zero-order valence-electron chi connectivity index (χ0n) is 10.2. The van der Waals surface area contributed by atoms with E-state index < -0.39 is 12.0 Å². The Kier molecular flexibility index (Phi) is 5.10. The number of halogens is 1. The van der Waals surface area contributed by atoms with Crippen LogP contribution in [0.2, 0.25) is 0 Å². The van der Waals surface area contributed by atoms with Crippen LogP contribution in [0.4, 0.5) is 4.39 Å². The van der Waals surface area contributed by atoms with Crippen LogP contribution in [-0.2, 0) is 16.0 Å². The van der Waals surface area contributed by atoms with Crippen molar-refractivity contribution in [3.63, 3.8) is 0 Å². The predicted molar refractivity (Wildman–Crippen MR) is 63.9 cm³/mol. The molecule has 1 rings (SSSR count). The van der Waals surface area contributed by atoms with Crippen molar-refractivity contribution in [2.75, 3.05) is 6.61 Å². The summed E-state index contributed by atoms with van der Waals surface area (Å²) >= 11 is 0. The van der Waals surface area contributed by atoms with Crippen molar-refractivity contribution in [3.8, 4) is 0 Å². The van der Waals surface area contributed by atoms with Gasteiger partial charge in [-0.1, -0.05) is 26.0 Å². The third kappa shape index (κ3) is 4.95. The van der Waals surface area contributed by atoms with Crippen LogP contribution >= 0.6 is 0 Å². The van der Waals surface area contributed by atoms with Crippen LogP contribution in [0.3, 0.4) is 0 Å². The minimum Gasteiger partial charge on any atom is -0.464 e. The molecule has 0 fully saturated rings. The third-order valence-electron chi connectivity index (χ3n) is 2.23. The van der Waals surface area contributed by atoms with Gasteiger partial charge in [-0.15, -0.1) is 0 Å². The summed E-state index contributed by atoms with van der Waals surface area (Å²) in [4.78, 5) is 11.5. The molecule has 0 aliphatic carbocycles. The molecular weight excluding hydrogens is 221 g/mol. The Morgan fingerprint density at radius 1 is 1.35 bits per heavy atom. The fraction of sp³-hybridized carbons (Fsp3) is 0.462. The molecule has 1 unspecified atom stereocenters. The monoisotopic (exact) mass is 239 g/mol. The lowest BCUT2D eigenvalue weighted by atomic mass is 10.1. The summed E-state index contributed by atoms with van der Waals surface area (Å²) in [5, 5.41) is 0. The average molecular weight is 239 g/mol. The van der Waals surface area contributed by atoms with Crippen molar-refractivity contribution >= 4 is 5.97 Å². The molecule has 3 nitrogen and oxygen atoms in total. The van der Waals surface area contributed by atoms with E-state index in [1.54, 1.807) is 12.1 Å². The van der Waals surface area contributed by atoms with E-state index in [-0.39, 0.29) is 11.7 Å². The second kappa shape index (κ2) is 6.35. The van der Waals surface area contributed by atoms with Crippen molar-refractivity contribution in [2.45, 2.75) is 26.3 Å². The lowest BCUT2D eigenvalue weighted by Crippen LogP contribution is -2.35. The van der Waals surface area contributed by atoms with Crippen molar-refractivity contribution in [2.24, 2.45) is 11.7 Å². The van der Waals surface area contributed by atoms with Crippen LogP contribution in [0.15, 0.2) is 24.3 Å². The number of carbonyl (C=O) groups excluding carboxylic acids is 1. The Hall–Kier alpha value is -1.42. The molecule has 0 aliphatic rings. The van der Waals surface area contributed by atoms with Crippen molar-refractivity contribution in [3.05, 3.63) is 35.6 Å². The van der Waals surface area contributed by atoms with Crippen LogP contribution < -0.4 is 5.73 Å². The maximum absolute atomic E-state index is 12.7. The lowest BCUT2D eigenvalue weighted by molar-refractivity contribution is -0.146. The summed E-state index contributed by atoms with van der Waals surface area (Å²) in [5.41, 5.74) is 6.53. The highest BCUT2D eigenvalue weighted by Gasteiger charge is 2.15. The summed E-state index contributed by atoms with van der Waals surface area (Å²) in [5.74, 6) is -0.426. The zero-order valence-corrected chi connectivity index (χ0v) is 10.2. The van der Waals surface area contributed by atoms with E-state index in [9.17, 15) is 9.18 Å². The molecule has 0 aliphatic heterocycles. The van der Waals surface area contributed by atoms with E-state index in [0.29, 0.717) is 13.0 Å². The fourth-order valence-corrected chi connectivity index (χ4v) is 1.31. The second-order valence-electron chi connectivity index (χ2n) is 4.46. The van der Waals surface area contributed by atoms with Crippen LogP contribution in [0.5, 0.6) is 0 Å². The minimum absolute atomic E-state index is 0.289. The van der Waals surface area contributed by atoms with Crippen molar-refractivity contribution in [1.82, 2.24) is 0 Å². The summed E-state index contributed by atoms with van der Waals surface area (Å²) in [7, 11) is 0. The van der Waals surface area contributed by atoms with E-state index in [4.69, 9.17) is 10.5 Å². The third-order valence-corrected chi connectivity index (χ3v) is 2.23. The molecule has 0 amide bonds. The number of hydrogen-bond donors (Lipinski definition) is 1. The summed E-state index contributed by atoms with van der Waals surface area (Å²) in [6.45, 7) is 4.29. The van der Waals surface area contributed by atoms with E-state index in [1.165, 1.54) is 12.1 Å². The van der Waals surface area contributed by atoms with Crippen LogP contribution in [0.1, 0.15) is 19.4 Å². The number of rotatable bonds is 5. The Balaban J connectivity index is 2.45. The molecule has 0 aromatic heterocycles. The Morgan fingerprint density at radius 2 is 1.94 bits per heavy atom. The summed E-state index contributed by atoms with van der Waals surface area (Å²) in [6.07, 6.45) is 0.358. The Bertz CT molecular complexity index is 362. The van der Waals surface area contributed by atoms with Crippen LogP contribution in [0.25, 0.3) is 0 Å². The molecule has 1 atom stereocenters. The van der Waals surface area contributed by atoms with Crippen LogP contribution in [0, 0.1) is 11.7 Å². The predicted octanol–water partition coefficient (Wildman–Crippen LogP) is 1.89. The molecule has 4 heteroatoms. The first kappa shape index (κ1) is 13.6. The molecule has 0 heterocycles. The lowest BCUT2D eigenvalue weighted by Gasteiger charge is -2.12. The Labute approximate surface area is 101 Å². The Morgan fingerprint density at radius 3 is 2.47 bits per heavy atom. The largest absolute Gasteiger partial charge is 0.464 e. The van der Waals surface area contributed by atoms with Gasteiger partial charge >= 0.3 is 5.97 Å². The topological polar surface area (TPSA) is 52.3 Å². The first-order valence-electron chi connectivity index (χ1n) is 5.65. The molecule has 0 spiro atoms. The van der Waals surface area contributed by atoms with E-state index >= 15 is 0 Å². The molecule has 1 aromatic rings. The SMILES string of the molecule is CC(C)COC(=O)C(N)Cc1ccc(F)cc1. The van der Waals surface area contributed by atoms with Gasteiger partial charge in [0.25, 0.3) is 0 Å². The van der Waals surface area contributed by atoms with Gasteiger partial charge in [0, 0.05) is 0 Å². The maximum Gasteiger partial charge on any atom is 0.323 e. The normalized spacial score (nSPS) is 12.5. The summed E-state index contributed by atoms with van der Waals surface area (Å²) < 4.78 is 17.7. The van der Waals surface area contributed by atoms with Crippen molar-refractivity contribution < 1.29 is 13.9 Å². The zero-order chi connectivity index (χ0) is 12.8. The highest BCUT2D eigenvalue weighted by atomic mass is 19.1. The van der Waals surface area contributed by atoms with Gasteiger partial charge in [0.05, 0.1) is 6.61 Å². The second-order valence-corrected chi connectivity index (χ2v) is 4.46. The standard InChI is InChI=1S/C13H18FNO2/c1-9(2)8-17-13(16)12(15)7-10-3-5-11(14)6-4-10/h3-6,9,12H,7-8,15H2,1-2H3. The minimum atomic E-state index is -0.695. The number of carbonyl (C=O) groups is 1. The molecule has 0 radical (unpaired) electrons. The molecular formula is C13H18FNO2. The van der Waals surface area contributed by atoms with E-state index in [0.717, 1.165) is 5.56 Å².